The third-order valence-electron chi connectivity index (χ3n) is 2.55. The van der Waals surface area contributed by atoms with Crippen LogP contribution in [-0.4, -0.2) is 29.5 Å². The number of Topliss-reactive ketones (excluding diaryl/α,β-unsaturated/α-hetero) is 1. The number of nitrogens with zero attached hydrogens (tertiary/aromatic N) is 2. The van der Waals surface area contributed by atoms with Gasteiger partial charge >= 0.3 is 5.97 Å². The predicted octanol–water partition coefficient (Wildman–Crippen LogP) is 2.04. The lowest BCUT2D eigenvalue weighted by molar-refractivity contribution is -0.138. The number of azo groups is 1. The number of hydrogen-bond donors (Lipinski definition) is 1. The van der Waals surface area contributed by atoms with Crippen LogP contribution in [0.25, 0.3) is 0 Å². The SMILES string of the molecule is CCOC(=O)C1=C(O)C(C(=O)c2ccccc2)N=N1. The van der Waals surface area contributed by atoms with Crippen LogP contribution in [0.4, 0.5) is 0 Å². The molecule has 1 unspecified atom stereocenters. The zero-order valence-corrected chi connectivity index (χ0v) is 10.2. The van der Waals surface area contributed by atoms with E-state index >= 15 is 0 Å². The second-order valence-corrected chi connectivity index (χ2v) is 3.80. The zero-order chi connectivity index (χ0) is 13.8. The summed E-state index contributed by atoms with van der Waals surface area (Å²) in [4.78, 5) is 23.5. The number of benzene rings is 1. The molecule has 1 N–H and O–H groups in total. The summed E-state index contributed by atoms with van der Waals surface area (Å²) in [6.07, 6.45) is 0. The Kier molecular flexibility index (Phi) is 3.70. The normalized spacial score (nSPS) is 17.6. The lowest BCUT2D eigenvalue weighted by Gasteiger charge is -2.05. The van der Waals surface area contributed by atoms with Gasteiger partial charge in [0.25, 0.3) is 0 Å². The Morgan fingerprint density at radius 1 is 1.32 bits per heavy atom. The molecule has 1 heterocycles. The van der Waals surface area contributed by atoms with Crippen LogP contribution in [0, 0.1) is 0 Å². The van der Waals surface area contributed by atoms with E-state index in [1.54, 1.807) is 37.3 Å². The second kappa shape index (κ2) is 5.43. The van der Waals surface area contributed by atoms with Gasteiger partial charge in [0.15, 0.2) is 17.6 Å². The molecule has 0 aliphatic carbocycles. The van der Waals surface area contributed by atoms with E-state index in [4.69, 9.17) is 4.74 Å². The number of aliphatic hydroxyl groups excluding tert-OH is 1. The van der Waals surface area contributed by atoms with Crippen LogP contribution in [-0.2, 0) is 9.53 Å². The Labute approximate surface area is 109 Å². The summed E-state index contributed by atoms with van der Waals surface area (Å²) >= 11 is 0. The minimum atomic E-state index is -1.16. The van der Waals surface area contributed by atoms with Crippen LogP contribution in [0.15, 0.2) is 52.0 Å². The highest BCUT2D eigenvalue weighted by molar-refractivity contribution is 6.03. The molecule has 6 heteroatoms. The van der Waals surface area contributed by atoms with E-state index in [-0.39, 0.29) is 12.3 Å². The van der Waals surface area contributed by atoms with E-state index in [9.17, 15) is 14.7 Å². The van der Waals surface area contributed by atoms with Crippen molar-refractivity contribution in [2.24, 2.45) is 10.2 Å². The molecular formula is C13H12N2O4. The molecule has 0 spiro atoms. The summed E-state index contributed by atoms with van der Waals surface area (Å²) < 4.78 is 4.71. The van der Waals surface area contributed by atoms with Gasteiger partial charge in [0.2, 0.25) is 5.70 Å². The van der Waals surface area contributed by atoms with E-state index in [1.165, 1.54) is 0 Å². The number of ether oxygens (including phenoxy) is 1. The minimum Gasteiger partial charge on any atom is -0.507 e. The van der Waals surface area contributed by atoms with Crippen molar-refractivity contribution >= 4 is 11.8 Å². The van der Waals surface area contributed by atoms with Crippen molar-refractivity contribution in [1.29, 1.82) is 0 Å². The van der Waals surface area contributed by atoms with Gasteiger partial charge in [-0.3, -0.25) is 4.79 Å². The maximum absolute atomic E-state index is 12.1. The fraction of sp³-hybridized carbons (Fsp3) is 0.231. The van der Waals surface area contributed by atoms with E-state index in [1.807, 2.05) is 0 Å². The summed E-state index contributed by atoms with van der Waals surface area (Å²) in [7, 11) is 0. The van der Waals surface area contributed by atoms with Crippen molar-refractivity contribution in [3.05, 3.63) is 47.4 Å². The highest BCUT2D eigenvalue weighted by Gasteiger charge is 2.34. The van der Waals surface area contributed by atoms with Gasteiger partial charge in [0, 0.05) is 5.56 Å². The quantitative estimate of drug-likeness (QED) is 0.662. The number of carbonyl (C=O) groups is 2. The van der Waals surface area contributed by atoms with Gasteiger partial charge in [0.05, 0.1) is 6.61 Å². The van der Waals surface area contributed by atoms with Crippen LogP contribution >= 0.6 is 0 Å². The molecule has 19 heavy (non-hydrogen) atoms. The molecule has 6 nitrogen and oxygen atoms in total. The Morgan fingerprint density at radius 3 is 2.63 bits per heavy atom. The molecule has 0 saturated carbocycles. The topological polar surface area (TPSA) is 88.3 Å². The number of hydrogen-bond acceptors (Lipinski definition) is 6. The fourth-order valence-electron chi connectivity index (χ4n) is 1.63. The van der Waals surface area contributed by atoms with E-state index in [2.05, 4.69) is 10.2 Å². The fourth-order valence-corrected chi connectivity index (χ4v) is 1.63. The first kappa shape index (κ1) is 12.9. The summed E-state index contributed by atoms with van der Waals surface area (Å²) in [5, 5.41) is 17.0. The van der Waals surface area contributed by atoms with E-state index in [0.717, 1.165) is 0 Å². The van der Waals surface area contributed by atoms with Crippen molar-refractivity contribution in [1.82, 2.24) is 0 Å². The Hall–Kier alpha value is -2.50. The minimum absolute atomic E-state index is 0.155. The third kappa shape index (κ3) is 2.52. The lowest BCUT2D eigenvalue weighted by Crippen LogP contribution is -2.20. The zero-order valence-electron chi connectivity index (χ0n) is 10.2. The highest BCUT2D eigenvalue weighted by Crippen LogP contribution is 2.23. The Bertz CT molecular complexity index is 563. The third-order valence-corrected chi connectivity index (χ3v) is 2.55. The first-order valence-electron chi connectivity index (χ1n) is 5.75. The first-order valence-corrected chi connectivity index (χ1v) is 5.75. The number of aliphatic hydroxyl groups is 1. The van der Waals surface area contributed by atoms with Gasteiger partial charge in [-0.25, -0.2) is 4.79 Å². The molecule has 0 fully saturated rings. The molecular weight excluding hydrogens is 248 g/mol. The molecule has 1 aromatic rings. The summed E-state index contributed by atoms with van der Waals surface area (Å²) in [6, 6.07) is 7.22. The van der Waals surface area contributed by atoms with Gasteiger partial charge in [0.1, 0.15) is 0 Å². The molecule has 1 aromatic carbocycles. The van der Waals surface area contributed by atoms with Gasteiger partial charge in [-0.05, 0) is 6.92 Å². The molecule has 0 amide bonds. The molecule has 0 saturated heterocycles. The molecule has 2 rings (SSSR count). The monoisotopic (exact) mass is 260 g/mol. The van der Waals surface area contributed by atoms with Crippen LogP contribution in [0.5, 0.6) is 0 Å². The average Bonchev–Trinajstić information content (AvgIpc) is 2.81. The van der Waals surface area contributed by atoms with Crippen LogP contribution in [0.1, 0.15) is 17.3 Å². The smallest absolute Gasteiger partial charge is 0.362 e. The second-order valence-electron chi connectivity index (χ2n) is 3.80. The molecule has 1 atom stereocenters. The van der Waals surface area contributed by atoms with Crippen LogP contribution in [0.3, 0.4) is 0 Å². The van der Waals surface area contributed by atoms with E-state index < -0.39 is 23.6 Å². The average molecular weight is 260 g/mol. The summed E-state index contributed by atoms with van der Waals surface area (Å²) in [5.41, 5.74) is 0.0826. The molecule has 98 valence electrons. The maximum Gasteiger partial charge on any atom is 0.362 e. The highest BCUT2D eigenvalue weighted by atomic mass is 16.5. The van der Waals surface area contributed by atoms with Gasteiger partial charge < -0.3 is 9.84 Å². The Balaban J connectivity index is 2.23. The number of ketones is 1. The van der Waals surface area contributed by atoms with Crippen LogP contribution < -0.4 is 0 Å². The summed E-state index contributed by atoms with van der Waals surface area (Å²) in [6.45, 7) is 1.79. The number of carbonyl (C=O) groups excluding carboxylic acids is 2. The van der Waals surface area contributed by atoms with Crippen LogP contribution in [0.2, 0.25) is 0 Å². The number of rotatable bonds is 4. The van der Waals surface area contributed by atoms with Crippen molar-refractivity contribution in [3.63, 3.8) is 0 Å². The lowest BCUT2D eigenvalue weighted by atomic mass is 10.0. The van der Waals surface area contributed by atoms with Crippen molar-refractivity contribution < 1.29 is 19.4 Å². The van der Waals surface area contributed by atoms with Gasteiger partial charge in [-0.2, -0.15) is 5.11 Å². The molecule has 1 aliphatic heterocycles. The number of esters is 1. The predicted molar refractivity (Wildman–Crippen MR) is 65.7 cm³/mol. The van der Waals surface area contributed by atoms with Crippen molar-refractivity contribution in [2.45, 2.75) is 13.0 Å². The largest absolute Gasteiger partial charge is 0.507 e. The maximum atomic E-state index is 12.1. The molecule has 0 aromatic heterocycles. The van der Waals surface area contributed by atoms with Gasteiger partial charge in [-0.15, -0.1) is 5.11 Å². The first-order chi connectivity index (χ1) is 9.15. The van der Waals surface area contributed by atoms with E-state index in [0.29, 0.717) is 5.56 Å². The Morgan fingerprint density at radius 2 is 2.00 bits per heavy atom. The van der Waals surface area contributed by atoms with Crippen molar-refractivity contribution in [3.8, 4) is 0 Å². The molecule has 0 radical (unpaired) electrons. The van der Waals surface area contributed by atoms with Crippen molar-refractivity contribution in [2.75, 3.05) is 6.61 Å². The van der Waals surface area contributed by atoms with Gasteiger partial charge in [-0.1, -0.05) is 30.3 Å². The molecule has 1 aliphatic rings. The molecule has 0 bridgehead atoms. The summed E-state index contributed by atoms with van der Waals surface area (Å²) in [5.74, 6) is -1.67. The standard InChI is InChI=1S/C13H12N2O4/c1-2-19-13(18)10-12(17)9(14-15-10)11(16)8-6-4-3-5-7-8/h3-7,9,17H,2H2,1H3.